The largest absolute Gasteiger partial charge is 2.00 e. The Morgan fingerprint density at radius 3 is 0.870 bits per heavy atom. The van der Waals surface area contributed by atoms with Gasteiger partial charge >= 0.3 is 33.6 Å². The summed E-state index contributed by atoms with van der Waals surface area (Å²) in [6, 6.07) is 0. The minimum atomic E-state index is -1.53. The molecule has 0 amide bonds. The molecule has 0 spiro atoms. The summed E-state index contributed by atoms with van der Waals surface area (Å²) in [5, 5.41) is 41.6. The number of nitrogens with zero attached hydrogens (tertiary/aromatic N) is 2. The number of carbonyl (C=O) groups excluding carboxylic acids is 4. The quantitative estimate of drug-likeness (QED) is 0.233. The molecule has 0 aromatic carbocycles. The second-order valence-electron chi connectivity index (χ2n) is 3.91. The molecule has 10 nitrogen and oxygen atoms in total. The summed E-state index contributed by atoms with van der Waals surface area (Å²) in [4.78, 5) is 43.4. The molecular formula is C10H13Co2IN2O8. The molecule has 23 heavy (non-hydrogen) atoms. The molecule has 0 atom stereocenters. The smallest absolute Gasteiger partial charge is 0.549 e. The first kappa shape index (κ1) is 30.4. The third-order valence-electron chi connectivity index (χ3n) is 2.14. The summed E-state index contributed by atoms with van der Waals surface area (Å²) >= 11 is 0. The topological polar surface area (TPSA) is 167 Å². The molecule has 0 heterocycles. The van der Waals surface area contributed by atoms with E-state index in [-0.39, 0.29) is 70.6 Å². The molecule has 0 N–H and O–H groups in total. The van der Waals surface area contributed by atoms with Crippen LogP contribution in [-0.4, -0.2) is 72.9 Å². The number of hydrogen-bond donors (Lipinski definition) is 0. The third kappa shape index (κ3) is 19.5. The van der Waals surface area contributed by atoms with Crippen molar-refractivity contribution in [2.24, 2.45) is 0 Å². The Labute approximate surface area is 169 Å². The fourth-order valence-corrected chi connectivity index (χ4v) is 1.44. The van der Waals surface area contributed by atoms with E-state index >= 15 is 0 Å². The van der Waals surface area contributed by atoms with E-state index in [1.54, 1.807) is 0 Å². The van der Waals surface area contributed by atoms with Crippen LogP contribution in [0.2, 0.25) is 0 Å². The first-order chi connectivity index (χ1) is 9.20. The van der Waals surface area contributed by atoms with Crippen molar-refractivity contribution < 1.29 is 73.2 Å². The van der Waals surface area contributed by atoms with Gasteiger partial charge in [-0.15, -0.1) is 24.0 Å². The van der Waals surface area contributed by atoms with Crippen molar-refractivity contribution in [3.05, 3.63) is 0 Å². The standard InChI is InChI=1S/C10H16N2O8.2Co.HI/c13-7(14)3-11(4-8(15)16)1-2-12(5-9(17)18)6-10(19)20;;;/h1-6H2,(H,13,14)(H,15,16)(H,17,18)(H,19,20);;;1H/q;2*+2;/p-4. The second-order valence-corrected chi connectivity index (χ2v) is 3.91. The fourth-order valence-electron chi connectivity index (χ4n) is 1.44. The summed E-state index contributed by atoms with van der Waals surface area (Å²) in [7, 11) is 0. The Morgan fingerprint density at radius 2 is 0.739 bits per heavy atom. The Balaban J connectivity index is -0.000000602. The monoisotopic (exact) mass is 534 g/mol. The second kappa shape index (κ2) is 16.4. The molecule has 0 saturated carbocycles. The van der Waals surface area contributed by atoms with Gasteiger partial charge in [0.05, 0.1) is 23.9 Å². The molecule has 0 bridgehead atoms. The molecule has 0 unspecified atom stereocenters. The average molecular weight is 534 g/mol. The van der Waals surface area contributed by atoms with Crippen molar-refractivity contribution in [1.82, 2.24) is 9.80 Å². The molecule has 0 fully saturated rings. The summed E-state index contributed by atoms with van der Waals surface area (Å²) in [5.74, 6) is -6.12. The zero-order chi connectivity index (χ0) is 15.7. The third-order valence-corrected chi connectivity index (χ3v) is 2.14. The van der Waals surface area contributed by atoms with Gasteiger partial charge in [0.2, 0.25) is 0 Å². The number of halogens is 1. The summed E-state index contributed by atoms with van der Waals surface area (Å²) in [5.41, 5.74) is 0. The molecule has 0 aromatic heterocycles. The van der Waals surface area contributed by atoms with Crippen molar-refractivity contribution >= 4 is 47.9 Å². The van der Waals surface area contributed by atoms with Gasteiger partial charge in [0.1, 0.15) is 0 Å². The van der Waals surface area contributed by atoms with Gasteiger partial charge in [-0.1, -0.05) is 0 Å². The van der Waals surface area contributed by atoms with E-state index in [1.165, 1.54) is 0 Å². The fraction of sp³-hybridized carbons (Fsp3) is 0.600. The summed E-state index contributed by atoms with van der Waals surface area (Å²) in [6.45, 7) is -3.25. The van der Waals surface area contributed by atoms with Crippen LogP contribution in [0.3, 0.4) is 0 Å². The van der Waals surface area contributed by atoms with Gasteiger partial charge in [-0.2, -0.15) is 0 Å². The molecule has 0 aliphatic heterocycles. The maximum absolute atomic E-state index is 10.4. The number of rotatable bonds is 11. The van der Waals surface area contributed by atoms with Crippen molar-refractivity contribution in [3.8, 4) is 0 Å². The number of aliphatic carboxylic acids is 4. The van der Waals surface area contributed by atoms with Crippen LogP contribution >= 0.6 is 24.0 Å². The van der Waals surface area contributed by atoms with Crippen LogP contribution in [0.15, 0.2) is 0 Å². The minimum Gasteiger partial charge on any atom is -0.549 e. The van der Waals surface area contributed by atoms with Gasteiger partial charge in [-0.3, -0.25) is 9.80 Å². The van der Waals surface area contributed by atoms with Gasteiger partial charge in [-0.25, -0.2) is 0 Å². The maximum Gasteiger partial charge on any atom is 2.00 e. The van der Waals surface area contributed by atoms with Crippen molar-refractivity contribution in [3.63, 3.8) is 0 Å². The van der Waals surface area contributed by atoms with E-state index in [9.17, 15) is 39.6 Å². The van der Waals surface area contributed by atoms with Crippen molar-refractivity contribution in [1.29, 1.82) is 0 Å². The SMILES string of the molecule is I.O=C([O-])CN(CCN(CC(=O)[O-])CC(=O)[O-])CC(=O)[O-].[Co+2].[Co+2]. The van der Waals surface area contributed by atoms with E-state index in [0.29, 0.717) is 0 Å². The average Bonchev–Trinajstić information content (AvgIpc) is 2.22. The summed E-state index contributed by atoms with van der Waals surface area (Å²) < 4.78 is 0. The van der Waals surface area contributed by atoms with Crippen LogP contribution in [0, 0.1) is 0 Å². The molecule has 2 radical (unpaired) electrons. The summed E-state index contributed by atoms with van der Waals surface area (Å²) in [6.07, 6.45) is 0. The van der Waals surface area contributed by atoms with E-state index < -0.39 is 50.1 Å². The van der Waals surface area contributed by atoms with Crippen molar-refractivity contribution in [2.45, 2.75) is 0 Å². The van der Waals surface area contributed by atoms with Gasteiger partial charge < -0.3 is 39.6 Å². The van der Waals surface area contributed by atoms with Crippen LogP contribution in [0.4, 0.5) is 0 Å². The molecule has 13 heteroatoms. The molecule has 136 valence electrons. The van der Waals surface area contributed by atoms with Crippen LogP contribution in [0.25, 0.3) is 0 Å². The molecular weight excluding hydrogens is 521 g/mol. The Hall–Kier alpha value is -0.457. The minimum absolute atomic E-state index is 0. The molecule has 0 aliphatic carbocycles. The first-order valence-electron chi connectivity index (χ1n) is 5.44. The maximum atomic E-state index is 10.4. The van der Waals surface area contributed by atoms with Crippen LogP contribution in [-0.2, 0) is 52.7 Å². The van der Waals surface area contributed by atoms with E-state index in [1.807, 2.05) is 0 Å². The van der Waals surface area contributed by atoms with Crippen LogP contribution < -0.4 is 20.4 Å². The first-order valence-corrected chi connectivity index (χ1v) is 5.44. The number of carboxylic acid groups (broad SMARTS) is 4. The Bertz CT molecular complexity index is 331. The van der Waals surface area contributed by atoms with E-state index in [0.717, 1.165) is 9.80 Å². The zero-order valence-electron chi connectivity index (χ0n) is 11.5. The molecule has 0 aromatic rings. The Morgan fingerprint density at radius 1 is 0.565 bits per heavy atom. The van der Waals surface area contributed by atoms with Gasteiger partial charge in [-0.05, 0) is 0 Å². The van der Waals surface area contributed by atoms with Crippen LogP contribution in [0.1, 0.15) is 0 Å². The predicted molar refractivity (Wildman–Crippen MR) is 68.3 cm³/mol. The van der Waals surface area contributed by atoms with Gasteiger partial charge in [0.15, 0.2) is 0 Å². The Kier molecular flexibility index (Phi) is 21.7. The normalized spacial score (nSPS) is 9.30. The molecule has 0 rings (SSSR count). The number of carboxylic acids is 4. The molecule has 0 aliphatic rings. The van der Waals surface area contributed by atoms with E-state index in [4.69, 9.17) is 0 Å². The number of carbonyl (C=O) groups is 4. The predicted octanol–water partition coefficient (Wildman–Crippen LogP) is -6.80. The van der Waals surface area contributed by atoms with Crippen LogP contribution in [0.5, 0.6) is 0 Å². The van der Waals surface area contributed by atoms with Crippen molar-refractivity contribution in [2.75, 3.05) is 39.3 Å². The van der Waals surface area contributed by atoms with Gasteiger partial charge in [0.25, 0.3) is 0 Å². The molecule has 0 saturated heterocycles. The van der Waals surface area contributed by atoms with Gasteiger partial charge in [0, 0.05) is 39.3 Å². The number of hydrogen-bond acceptors (Lipinski definition) is 10. The zero-order valence-corrected chi connectivity index (χ0v) is 15.9. The van der Waals surface area contributed by atoms with E-state index in [2.05, 4.69) is 0 Å².